The lowest BCUT2D eigenvalue weighted by molar-refractivity contribution is -0.142. The standard InChI is InChI=1S/C21H35N2O4P/c1-8-14-9-21(14,13(3)24)10-15(25)17-12(2)16(27-7)11-23(17)19(26)18(22-28)20(4,5)6/h8,12,14,16-18,22H,1,9-11,28H2,2-7H3/t12?,14-,16+,17+,18-,21+/m1/s1. The Kier molecular flexibility index (Phi) is 6.90. The van der Waals surface area contributed by atoms with Gasteiger partial charge in [0.05, 0.1) is 18.2 Å². The largest absolute Gasteiger partial charge is 0.379 e. The molecule has 158 valence electrons. The number of hydrogen-bond donors (Lipinski definition) is 1. The molecule has 1 N–H and O–H groups in total. The van der Waals surface area contributed by atoms with Crippen LogP contribution in [-0.4, -0.2) is 54.2 Å². The fourth-order valence-electron chi connectivity index (χ4n) is 4.59. The Hall–Kier alpha value is -1.10. The van der Waals surface area contributed by atoms with Gasteiger partial charge in [-0.15, -0.1) is 6.58 Å². The molecule has 28 heavy (non-hydrogen) atoms. The summed E-state index contributed by atoms with van der Waals surface area (Å²) in [5, 5.41) is 3.03. The third kappa shape index (κ3) is 4.10. The number of nitrogens with one attached hydrogen (secondary N) is 1. The Bertz CT molecular complexity index is 659. The SMILES string of the molecule is C=C[C@@H]1C[C@]1(CC(=O)[C@@H]1C(C)[C@@H](OC)CN1C(=O)[C@@H](NP)C(C)(C)C)C(C)=O. The molecule has 7 atom stereocenters. The topological polar surface area (TPSA) is 75.7 Å². The zero-order chi connectivity index (χ0) is 21.4. The average molecular weight is 410 g/mol. The molecule has 2 fully saturated rings. The highest BCUT2D eigenvalue weighted by atomic mass is 31.0. The molecule has 0 radical (unpaired) electrons. The zero-order valence-electron chi connectivity index (χ0n) is 18.0. The molecule has 2 rings (SSSR count). The molecule has 1 amide bonds. The van der Waals surface area contributed by atoms with Crippen molar-refractivity contribution >= 4 is 26.9 Å². The van der Waals surface area contributed by atoms with Crippen LogP contribution in [0.25, 0.3) is 0 Å². The van der Waals surface area contributed by atoms with Crippen LogP contribution in [0.1, 0.15) is 47.5 Å². The first kappa shape index (κ1) is 23.2. The van der Waals surface area contributed by atoms with Gasteiger partial charge in [0.15, 0.2) is 5.78 Å². The summed E-state index contributed by atoms with van der Waals surface area (Å²) in [7, 11) is 4.02. The summed E-state index contributed by atoms with van der Waals surface area (Å²) >= 11 is 0. The molecule has 0 bridgehead atoms. The van der Waals surface area contributed by atoms with Crippen LogP contribution in [-0.2, 0) is 19.1 Å². The lowest BCUT2D eigenvalue weighted by atomic mass is 9.84. The van der Waals surface area contributed by atoms with Crippen molar-refractivity contribution in [3.05, 3.63) is 12.7 Å². The number of Topliss-reactive ketones (excluding diaryl/α,β-unsaturated/α-hetero) is 2. The summed E-state index contributed by atoms with van der Waals surface area (Å²) in [5.41, 5.74) is -0.952. The normalized spacial score (nSPS) is 33.5. The molecule has 6 nitrogen and oxygen atoms in total. The Balaban J connectivity index is 2.30. The Labute approximate surface area is 171 Å². The van der Waals surface area contributed by atoms with Gasteiger partial charge in [-0.25, -0.2) is 0 Å². The monoisotopic (exact) mass is 410 g/mol. The highest BCUT2D eigenvalue weighted by Crippen LogP contribution is 2.57. The number of methoxy groups -OCH3 is 1. The van der Waals surface area contributed by atoms with Gasteiger partial charge in [0.1, 0.15) is 5.78 Å². The molecular formula is C21H35N2O4P. The van der Waals surface area contributed by atoms with Crippen LogP contribution in [0.4, 0.5) is 0 Å². The van der Waals surface area contributed by atoms with Crippen molar-refractivity contribution < 1.29 is 19.1 Å². The second-order valence-electron chi connectivity index (χ2n) is 9.44. The van der Waals surface area contributed by atoms with Gasteiger partial charge in [0.25, 0.3) is 0 Å². The maximum absolute atomic E-state index is 13.4. The summed E-state index contributed by atoms with van der Waals surface area (Å²) in [6, 6.07) is -1.03. The molecule has 0 aromatic heterocycles. The first-order valence-corrected chi connectivity index (χ1v) is 10.5. The molecule has 1 saturated carbocycles. The Morgan fingerprint density at radius 1 is 1.39 bits per heavy atom. The fourth-order valence-corrected chi connectivity index (χ4v) is 5.23. The third-order valence-corrected chi connectivity index (χ3v) is 6.93. The van der Waals surface area contributed by atoms with Crippen molar-refractivity contribution in [2.24, 2.45) is 22.7 Å². The molecule has 1 heterocycles. The molecule has 1 aliphatic heterocycles. The van der Waals surface area contributed by atoms with E-state index in [1.54, 1.807) is 25.0 Å². The molecule has 7 heteroatoms. The van der Waals surface area contributed by atoms with E-state index in [0.717, 1.165) is 0 Å². The van der Waals surface area contributed by atoms with Crippen molar-refractivity contribution in [2.45, 2.75) is 65.6 Å². The van der Waals surface area contributed by atoms with Crippen LogP contribution in [0.3, 0.4) is 0 Å². The van der Waals surface area contributed by atoms with Crippen molar-refractivity contribution in [3.8, 4) is 0 Å². The smallest absolute Gasteiger partial charge is 0.241 e. The van der Waals surface area contributed by atoms with E-state index < -0.39 is 17.5 Å². The second-order valence-corrected chi connectivity index (χ2v) is 9.77. The number of carbonyl (C=O) groups excluding carboxylic acids is 3. The quantitative estimate of drug-likeness (QED) is 0.491. The lowest BCUT2D eigenvalue weighted by Gasteiger charge is -2.35. The van der Waals surface area contributed by atoms with Crippen LogP contribution in [0.2, 0.25) is 0 Å². The van der Waals surface area contributed by atoms with Crippen LogP contribution in [0.15, 0.2) is 12.7 Å². The number of ether oxygens (including phenoxy) is 1. The zero-order valence-corrected chi connectivity index (χ0v) is 19.1. The van der Waals surface area contributed by atoms with Crippen LogP contribution in [0, 0.1) is 22.7 Å². The van der Waals surface area contributed by atoms with Crippen molar-refractivity contribution in [3.63, 3.8) is 0 Å². The Morgan fingerprint density at radius 3 is 2.39 bits per heavy atom. The number of nitrogens with zero attached hydrogens (tertiary/aromatic N) is 1. The molecule has 0 spiro atoms. The van der Waals surface area contributed by atoms with Gasteiger partial charge in [-0.1, -0.05) is 43.2 Å². The van der Waals surface area contributed by atoms with Crippen LogP contribution in [0.5, 0.6) is 0 Å². The number of ketones is 2. The number of allylic oxidation sites excluding steroid dienone is 1. The van der Waals surface area contributed by atoms with Crippen molar-refractivity contribution in [1.29, 1.82) is 0 Å². The number of rotatable bonds is 8. The second kappa shape index (κ2) is 8.33. The number of carbonyl (C=O) groups is 3. The average Bonchev–Trinajstić information content (AvgIpc) is 3.21. The van der Waals surface area contributed by atoms with E-state index in [1.165, 1.54) is 0 Å². The van der Waals surface area contributed by atoms with Crippen molar-refractivity contribution in [2.75, 3.05) is 13.7 Å². The van der Waals surface area contributed by atoms with E-state index >= 15 is 0 Å². The summed E-state index contributed by atoms with van der Waals surface area (Å²) in [4.78, 5) is 40.6. The lowest BCUT2D eigenvalue weighted by Crippen LogP contribution is -2.54. The molecule has 1 saturated heterocycles. The third-order valence-electron chi connectivity index (χ3n) is 6.60. The molecule has 0 aromatic carbocycles. The van der Waals surface area contributed by atoms with E-state index in [0.29, 0.717) is 13.0 Å². The van der Waals surface area contributed by atoms with Crippen LogP contribution < -0.4 is 5.09 Å². The number of likely N-dealkylation sites (tertiary alicyclic amines) is 1. The maximum atomic E-state index is 13.4. The predicted molar refractivity (Wildman–Crippen MR) is 113 cm³/mol. The highest BCUT2D eigenvalue weighted by Gasteiger charge is 2.59. The molecule has 1 aliphatic carbocycles. The summed E-state index contributed by atoms with van der Waals surface area (Å²) in [6.07, 6.45) is 2.38. The Morgan fingerprint density at radius 2 is 2.00 bits per heavy atom. The van der Waals surface area contributed by atoms with E-state index in [-0.39, 0.29) is 47.2 Å². The molecule has 0 aromatic rings. The number of amides is 1. The van der Waals surface area contributed by atoms with E-state index in [9.17, 15) is 14.4 Å². The molecule has 2 unspecified atom stereocenters. The highest BCUT2D eigenvalue weighted by molar-refractivity contribution is 7.13. The van der Waals surface area contributed by atoms with Gasteiger partial charge < -0.3 is 9.64 Å². The maximum Gasteiger partial charge on any atom is 0.241 e. The fraction of sp³-hybridized carbons (Fsp3) is 0.762. The van der Waals surface area contributed by atoms with E-state index in [4.69, 9.17) is 4.74 Å². The van der Waals surface area contributed by atoms with Gasteiger partial charge in [0.2, 0.25) is 5.91 Å². The summed E-state index contributed by atoms with van der Waals surface area (Å²) < 4.78 is 5.56. The first-order valence-electron chi connectivity index (χ1n) is 9.90. The summed E-state index contributed by atoms with van der Waals surface area (Å²) in [6.45, 7) is 13.6. The number of hydrogen-bond acceptors (Lipinski definition) is 5. The van der Waals surface area contributed by atoms with Gasteiger partial charge >= 0.3 is 0 Å². The first-order chi connectivity index (χ1) is 12.9. The van der Waals surface area contributed by atoms with E-state index in [2.05, 4.69) is 21.1 Å². The molecule has 2 aliphatic rings. The van der Waals surface area contributed by atoms with E-state index in [1.807, 2.05) is 27.7 Å². The minimum absolute atomic E-state index is 0.0248. The minimum Gasteiger partial charge on any atom is -0.379 e. The van der Waals surface area contributed by atoms with Gasteiger partial charge in [-0.05, 0) is 24.7 Å². The van der Waals surface area contributed by atoms with Crippen molar-refractivity contribution in [1.82, 2.24) is 9.99 Å². The van der Waals surface area contributed by atoms with Crippen LogP contribution >= 0.6 is 9.39 Å². The van der Waals surface area contributed by atoms with Gasteiger partial charge in [0, 0.05) is 31.4 Å². The van der Waals surface area contributed by atoms with Gasteiger partial charge in [-0.3, -0.25) is 19.5 Å². The minimum atomic E-state index is -0.638. The molecular weight excluding hydrogens is 375 g/mol. The van der Waals surface area contributed by atoms with Gasteiger partial charge in [-0.2, -0.15) is 0 Å². The predicted octanol–water partition coefficient (Wildman–Crippen LogP) is 2.38. The summed E-state index contributed by atoms with van der Waals surface area (Å²) in [5.74, 6) is -0.228.